The third kappa shape index (κ3) is 8.64. The zero-order valence-electron chi connectivity index (χ0n) is 17.4. The van der Waals surface area contributed by atoms with Gasteiger partial charge in [-0.25, -0.2) is 4.79 Å². The molecule has 0 bridgehead atoms. The van der Waals surface area contributed by atoms with Gasteiger partial charge in [-0.1, -0.05) is 24.3 Å². The molecule has 2 aromatic rings. The van der Waals surface area contributed by atoms with Crippen LogP contribution in [-0.2, 0) is 16.1 Å². The molecule has 1 atom stereocenters. The lowest BCUT2D eigenvalue weighted by Gasteiger charge is -2.27. The van der Waals surface area contributed by atoms with E-state index in [2.05, 4.69) is 10.3 Å². The van der Waals surface area contributed by atoms with Gasteiger partial charge in [0.1, 0.15) is 11.4 Å². The zero-order chi connectivity index (χ0) is 21.3. The predicted molar refractivity (Wildman–Crippen MR) is 110 cm³/mol. The van der Waals surface area contributed by atoms with Gasteiger partial charge in [0, 0.05) is 31.5 Å². The third-order valence-corrected chi connectivity index (χ3v) is 3.81. The minimum absolute atomic E-state index is 0.0938. The maximum atomic E-state index is 12.8. The number of rotatable bonds is 8. The lowest BCUT2D eigenvalue weighted by Crippen LogP contribution is -2.46. The van der Waals surface area contributed by atoms with Gasteiger partial charge < -0.3 is 19.7 Å². The maximum Gasteiger partial charge on any atom is 0.407 e. The number of carbonyl (C=O) groups excluding carboxylic acids is 2. The normalized spacial score (nSPS) is 12.0. The first-order valence-electron chi connectivity index (χ1n) is 9.57. The number of nitrogens with zero attached hydrogens (tertiary/aromatic N) is 2. The van der Waals surface area contributed by atoms with Gasteiger partial charge in [-0.05, 0) is 51.5 Å². The Kier molecular flexibility index (Phi) is 8.00. The largest absolute Gasteiger partial charge is 0.484 e. The Morgan fingerprint density at radius 3 is 2.48 bits per heavy atom. The summed E-state index contributed by atoms with van der Waals surface area (Å²) >= 11 is 0. The highest BCUT2D eigenvalue weighted by Crippen LogP contribution is 2.11. The molecule has 1 N–H and O–H groups in total. The molecule has 0 spiro atoms. The van der Waals surface area contributed by atoms with Crippen molar-refractivity contribution in [2.75, 3.05) is 13.2 Å². The third-order valence-electron chi connectivity index (χ3n) is 3.81. The average Bonchev–Trinajstić information content (AvgIpc) is 2.65. The molecule has 0 saturated heterocycles. The molecular weight excluding hydrogens is 370 g/mol. The van der Waals surface area contributed by atoms with Crippen LogP contribution in [0, 0.1) is 0 Å². The second kappa shape index (κ2) is 10.5. The summed E-state index contributed by atoms with van der Waals surface area (Å²) in [4.78, 5) is 30.6. The van der Waals surface area contributed by atoms with Crippen molar-refractivity contribution in [3.8, 4) is 5.75 Å². The molecule has 0 unspecified atom stereocenters. The summed E-state index contributed by atoms with van der Waals surface area (Å²) < 4.78 is 10.9. The average molecular weight is 399 g/mol. The summed E-state index contributed by atoms with van der Waals surface area (Å²) in [7, 11) is 0. The van der Waals surface area contributed by atoms with Gasteiger partial charge >= 0.3 is 6.09 Å². The van der Waals surface area contributed by atoms with Crippen molar-refractivity contribution in [1.82, 2.24) is 15.2 Å². The van der Waals surface area contributed by atoms with E-state index in [0.717, 1.165) is 5.56 Å². The molecule has 2 rings (SSSR count). The molecule has 1 aromatic carbocycles. The Morgan fingerprint density at radius 1 is 1.14 bits per heavy atom. The zero-order valence-corrected chi connectivity index (χ0v) is 17.4. The summed E-state index contributed by atoms with van der Waals surface area (Å²) in [5.74, 6) is 0.442. The molecule has 156 valence electrons. The fourth-order valence-corrected chi connectivity index (χ4v) is 2.60. The summed E-state index contributed by atoms with van der Waals surface area (Å²) in [6, 6.07) is 12.6. The molecule has 1 aromatic heterocycles. The molecule has 2 amide bonds. The molecule has 0 radical (unpaired) electrons. The standard InChI is InChI=1S/C22H29N3O4/c1-17(24-21(27)29-22(2,3)4)14-25(15-18-9-8-12-23-13-18)20(26)16-28-19-10-6-5-7-11-19/h5-13,17H,14-16H2,1-4H3,(H,24,27)/t17-/m1/s1. The van der Waals surface area contributed by atoms with Crippen LogP contribution >= 0.6 is 0 Å². The van der Waals surface area contributed by atoms with Crippen LogP contribution in [-0.4, -0.2) is 46.7 Å². The second-order valence-electron chi connectivity index (χ2n) is 7.78. The number of carbonyl (C=O) groups is 2. The molecule has 1 heterocycles. The van der Waals surface area contributed by atoms with Crippen molar-refractivity contribution in [2.24, 2.45) is 0 Å². The van der Waals surface area contributed by atoms with Crippen LogP contribution < -0.4 is 10.1 Å². The Bertz CT molecular complexity index is 776. The molecule has 0 saturated carbocycles. The van der Waals surface area contributed by atoms with Gasteiger partial charge in [-0.3, -0.25) is 9.78 Å². The minimum atomic E-state index is -0.585. The van der Waals surface area contributed by atoms with Crippen LogP contribution in [0.1, 0.15) is 33.3 Å². The van der Waals surface area contributed by atoms with Crippen LogP contribution in [0.25, 0.3) is 0 Å². The van der Waals surface area contributed by atoms with Crippen LogP contribution in [0.15, 0.2) is 54.9 Å². The number of amides is 2. The number of ether oxygens (including phenoxy) is 2. The highest BCUT2D eigenvalue weighted by atomic mass is 16.6. The van der Waals surface area contributed by atoms with E-state index < -0.39 is 11.7 Å². The fraction of sp³-hybridized carbons (Fsp3) is 0.409. The van der Waals surface area contributed by atoms with Crippen LogP contribution in [0.4, 0.5) is 4.79 Å². The van der Waals surface area contributed by atoms with E-state index in [1.165, 1.54) is 0 Å². The molecule has 0 aliphatic carbocycles. The van der Waals surface area contributed by atoms with E-state index in [1.54, 1.807) is 50.2 Å². The van der Waals surface area contributed by atoms with Gasteiger partial charge in [-0.2, -0.15) is 0 Å². The first-order valence-corrected chi connectivity index (χ1v) is 9.57. The van der Waals surface area contributed by atoms with E-state index in [-0.39, 0.29) is 18.6 Å². The number of para-hydroxylation sites is 1. The summed E-state index contributed by atoms with van der Waals surface area (Å²) in [5, 5.41) is 2.77. The lowest BCUT2D eigenvalue weighted by atomic mass is 10.2. The van der Waals surface area contributed by atoms with E-state index in [1.807, 2.05) is 37.3 Å². The van der Waals surface area contributed by atoms with Gasteiger partial charge in [0.05, 0.1) is 0 Å². The fourth-order valence-electron chi connectivity index (χ4n) is 2.60. The summed E-state index contributed by atoms with van der Waals surface area (Å²) in [6.45, 7) is 7.81. The van der Waals surface area contributed by atoms with Crippen LogP contribution in [0.3, 0.4) is 0 Å². The Balaban J connectivity index is 2.00. The number of nitrogens with one attached hydrogen (secondary N) is 1. The number of aromatic nitrogens is 1. The molecule has 7 heteroatoms. The first kappa shape index (κ1) is 22.2. The lowest BCUT2D eigenvalue weighted by molar-refractivity contribution is -0.134. The Morgan fingerprint density at radius 2 is 1.86 bits per heavy atom. The van der Waals surface area contributed by atoms with Crippen LogP contribution in [0.2, 0.25) is 0 Å². The second-order valence-corrected chi connectivity index (χ2v) is 7.78. The molecule has 0 fully saturated rings. The molecule has 0 aliphatic rings. The SMILES string of the molecule is C[C@H](CN(Cc1cccnc1)C(=O)COc1ccccc1)NC(=O)OC(C)(C)C. The van der Waals surface area contributed by atoms with Crippen molar-refractivity contribution in [2.45, 2.75) is 45.9 Å². The van der Waals surface area contributed by atoms with Gasteiger partial charge in [0.15, 0.2) is 6.61 Å². The summed E-state index contributed by atoms with van der Waals surface area (Å²) in [5.41, 5.74) is 0.309. The number of hydrogen-bond acceptors (Lipinski definition) is 5. The van der Waals surface area contributed by atoms with Gasteiger partial charge in [0.2, 0.25) is 0 Å². The predicted octanol–water partition coefficient (Wildman–Crippen LogP) is 3.40. The van der Waals surface area contributed by atoms with Crippen molar-refractivity contribution in [3.63, 3.8) is 0 Å². The Hall–Kier alpha value is -3.09. The van der Waals surface area contributed by atoms with Crippen LogP contribution in [0.5, 0.6) is 5.75 Å². The van der Waals surface area contributed by atoms with Crippen molar-refractivity contribution in [1.29, 1.82) is 0 Å². The van der Waals surface area contributed by atoms with E-state index in [0.29, 0.717) is 18.8 Å². The van der Waals surface area contributed by atoms with Crippen molar-refractivity contribution in [3.05, 3.63) is 60.4 Å². The number of benzene rings is 1. The van der Waals surface area contributed by atoms with Crippen molar-refractivity contribution >= 4 is 12.0 Å². The molecule has 29 heavy (non-hydrogen) atoms. The van der Waals surface area contributed by atoms with E-state index in [9.17, 15) is 9.59 Å². The smallest absolute Gasteiger partial charge is 0.407 e. The topological polar surface area (TPSA) is 80.8 Å². The van der Waals surface area contributed by atoms with Crippen molar-refractivity contribution < 1.29 is 19.1 Å². The Labute approximate surface area is 172 Å². The highest BCUT2D eigenvalue weighted by molar-refractivity contribution is 5.78. The van der Waals surface area contributed by atoms with Gasteiger partial charge in [0.25, 0.3) is 5.91 Å². The monoisotopic (exact) mass is 399 g/mol. The maximum absolute atomic E-state index is 12.8. The molecular formula is C22H29N3O4. The molecule has 0 aliphatic heterocycles. The van der Waals surface area contributed by atoms with Gasteiger partial charge in [-0.15, -0.1) is 0 Å². The first-order chi connectivity index (χ1) is 13.7. The van der Waals surface area contributed by atoms with E-state index in [4.69, 9.17) is 9.47 Å². The number of pyridine rings is 1. The summed E-state index contributed by atoms with van der Waals surface area (Å²) in [6.07, 6.45) is 2.88. The number of alkyl carbamates (subject to hydrolysis) is 1. The minimum Gasteiger partial charge on any atom is -0.484 e. The van der Waals surface area contributed by atoms with E-state index >= 15 is 0 Å². The quantitative estimate of drug-likeness (QED) is 0.736. The number of hydrogen-bond donors (Lipinski definition) is 1. The highest BCUT2D eigenvalue weighted by Gasteiger charge is 2.21. The molecule has 7 nitrogen and oxygen atoms in total.